The summed E-state index contributed by atoms with van der Waals surface area (Å²) in [5.74, 6) is 5.94. The summed E-state index contributed by atoms with van der Waals surface area (Å²) in [6.45, 7) is 3.40. The van der Waals surface area contributed by atoms with Crippen molar-refractivity contribution in [3.8, 4) is 0 Å². The number of halogens is 1. The highest BCUT2D eigenvalue weighted by molar-refractivity contribution is 4.50. The van der Waals surface area contributed by atoms with Gasteiger partial charge in [-0.3, -0.25) is 4.59 Å². The molecule has 3 heteroatoms. The molecule has 2 N–H and O–H groups in total. The Balaban J connectivity index is 0. The number of nitrogens with two attached hydrogens (primary N) is 1. The summed E-state index contributed by atoms with van der Waals surface area (Å²) < 4.78 is 0.624. The van der Waals surface area contributed by atoms with E-state index in [0.717, 1.165) is 6.54 Å². The molecule has 0 radical (unpaired) electrons. The first-order chi connectivity index (χ1) is 11.1. The van der Waals surface area contributed by atoms with Crippen LogP contribution in [0.4, 0.5) is 0 Å². The number of nitrogens with zero attached hydrogens (tertiary/aromatic N) is 1. The van der Waals surface area contributed by atoms with Gasteiger partial charge in [0.15, 0.2) is 0 Å². The van der Waals surface area contributed by atoms with E-state index in [1.165, 1.54) is 109 Å². The fraction of sp³-hybridized carbons (Fsp3) is 1.00. The van der Waals surface area contributed by atoms with Crippen LogP contribution in [0, 0.1) is 0 Å². The second kappa shape index (κ2) is 19.7. The minimum absolute atomic E-state index is 0. The first-order valence-corrected chi connectivity index (χ1v) is 10.7. The highest BCUT2D eigenvalue weighted by atomic mass is 79.9. The predicted octanol–water partition coefficient (Wildman–Crippen LogP) is 3.59. The summed E-state index contributed by atoms with van der Waals surface area (Å²) in [5.41, 5.74) is 0. The van der Waals surface area contributed by atoms with Crippen LogP contribution >= 0.6 is 0 Å². The van der Waals surface area contributed by atoms with Crippen molar-refractivity contribution in [2.45, 2.75) is 116 Å². The number of unbranched alkanes of at least 4 members (excludes halogenated alkanes) is 16. The molecule has 0 rings (SSSR count). The molecular formula is C21H47BrN2. The maximum atomic E-state index is 5.94. The average molecular weight is 408 g/mol. The first kappa shape index (κ1) is 26.6. The lowest BCUT2D eigenvalue weighted by Crippen LogP contribution is -3.00. The van der Waals surface area contributed by atoms with Crippen molar-refractivity contribution in [2.24, 2.45) is 5.84 Å². The molecular weight excluding hydrogens is 360 g/mol. The first-order valence-electron chi connectivity index (χ1n) is 10.7. The Morgan fingerprint density at radius 2 is 0.750 bits per heavy atom. The van der Waals surface area contributed by atoms with Crippen LogP contribution in [0.2, 0.25) is 0 Å². The molecule has 24 heavy (non-hydrogen) atoms. The zero-order valence-electron chi connectivity index (χ0n) is 17.1. The van der Waals surface area contributed by atoms with Crippen LogP contribution in [0.5, 0.6) is 0 Å². The van der Waals surface area contributed by atoms with Crippen molar-refractivity contribution >= 4 is 0 Å². The van der Waals surface area contributed by atoms with Crippen molar-refractivity contribution in [3.05, 3.63) is 0 Å². The molecule has 0 aliphatic rings. The molecule has 0 spiro atoms. The molecule has 0 aromatic carbocycles. The number of rotatable bonds is 18. The number of hydrogen-bond acceptors (Lipinski definition) is 1. The van der Waals surface area contributed by atoms with Crippen LogP contribution < -0.4 is 22.8 Å². The molecule has 0 atom stereocenters. The largest absolute Gasteiger partial charge is 1.00 e. The molecule has 0 heterocycles. The van der Waals surface area contributed by atoms with Crippen LogP contribution in [0.1, 0.15) is 116 Å². The van der Waals surface area contributed by atoms with E-state index in [9.17, 15) is 0 Å². The Morgan fingerprint density at radius 3 is 1.00 bits per heavy atom. The van der Waals surface area contributed by atoms with E-state index < -0.39 is 0 Å². The third-order valence-corrected chi connectivity index (χ3v) is 4.84. The topological polar surface area (TPSA) is 26.0 Å². The third kappa shape index (κ3) is 24.6. The van der Waals surface area contributed by atoms with E-state index in [2.05, 4.69) is 21.0 Å². The Morgan fingerprint density at radius 1 is 0.500 bits per heavy atom. The molecule has 0 saturated carbocycles. The highest BCUT2D eigenvalue weighted by Gasteiger charge is 2.06. The van der Waals surface area contributed by atoms with Gasteiger partial charge >= 0.3 is 0 Å². The van der Waals surface area contributed by atoms with E-state index in [1.54, 1.807) is 0 Å². The van der Waals surface area contributed by atoms with Gasteiger partial charge in [-0.15, -0.1) is 0 Å². The highest BCUT2D eigenvalue weighted by Crippen LogP contribution is 2.14. The molecule has 0 unspecified atom stereocenters. The second-order valence-corrected chi connectivity index (χ2v) is 8.16. The Hall–Kier alpha value is 0.400. The van der Waals surface area contributed by atoms with Crippen molar-refractivity contribution < 1.29 is 21.6 Å². The molecule has 0 aromatic rings. The van der Waals surface area contributed by atoms with Gasteiger partial charge in [0, 0.05) is 0 Å². The van der Waals surface area contributed by atoms with E-state index in [0.29, 0.717) is 4.59 Å². The summed E-state index contributed by atoms with van der Waals surface area (Å²) in [4.78, 5) is 0. The zero-order valence-corrected chi connectivity index (χ0v) is 18.7. The van der Waals surface area contributed by atoms with Crippen molar-refractivity contribution in [2.75, 3.05) is 20.6 Å². The fourth-order valence-corrected chi connectivity index (χ4v) is 3.24. The van der Waals surface area contributed by atoms with E-state index in [1.807, 2.05) is 0 Å². The maximum Gasteiger partial charge on any atom is 0.0955 e. The van der Waals surface area contributed by atoms with E-state index >= 15 is 0 Å². The van der Waals surface area contributed by atoms with Gasteiger partial charge in [-0.1, -0.05) is 103 Å². The Labute approximate surface area is 164 Å². The third-order valence-electron chi connectivity index (χ3n) is 4.84. The summed E-state index contributed by atoms with van der Waals surface area (Å²) in [6, 6.07) is 0. The zero-order chi connectivity index (χ0) is 17.2. The summed E-state index contributed by atoms with van der Waals surface area (Å²) in [5, 5.41) is 0. The lowest BCUT2D eigenvalue weighted by atomic mass is 10.0. The Bertz CT molecular complexity index is 226. The molecule has 0 aliphatic heterocycles. The monoisotopic (exact) mass is 406 g/mol. The quantitative estimate of drug-likeness (QED) is 0.160. The molecule has 0 amide bonds. The summed E-state index contributed by atoms with van der Waals surface area (Å²) >= 11 is 0. The summed E-state index contributed by atoms with van der Waals surface area (Å²) in [6.07, 6.45) is 24.4. The van der Waals surface area contributed by atoms with Gasteiger partial charge in [0.25, 0.3) is 0 Å². The molecule has 0 bridgehead atoms. The van der Waals surface area contributed by atoms with Gasteiger partial charge < -0.3 is 17.0 Å². The second-order valence-electron chi connectivity index (χ2n) is 8.16. The van der Waals surface area contributed by atoms with Crippen molar-refractivity contribution in [1.82, 2.24) is 0 Å². The lowest BCUT2D eigenvalue weighted by molar-refractivity contribution is -0.902. The van der Waals surface area contributed by atoms with E-state index in [4.69, 9.17) is 5.84 Å². The van der Waals surface area contributed by atoms with Crippen LogP contribution in [0.25, 0.3) is 0 Å². The molecule has 0 aliphatic carbocycles. The Kier molecular flexibility index (Phi) is 21.9. The van der Waals surface area contributed by atoms with Crippen molar-refractivity contribution in [1.29, 1.82) is 0 Å². The molecule has 2 nitrogen and oxygen atoms in total. The molecule has 0 aromatic heterocycles. The standard InChI is InChI=1S/C21H47N2.BrH/c1-4-5-6-7-8-9-10-11-12-13-14-15-16-17-18-19-20-21-23(2,3)22;/h4-22H2,1-3H3;1H/q+1;/p-1. The normalized spacial score (nSPS) is 11.5. The van der Waals surface area contributed by atoms with Crippen LogP contribution in [0.15, 0.2) is 0 Å². The summed E-state index contributed by atoms with van der Waals surface area (Å²) in [7, 11) is 4.15. The smallest absolute Gasteiger partial charge is 0.0955 e. The van der Waals surface area contributed by atoms with Gasteiger partial charge in [0.2, 0.25) is 0 Å². The van der Waals surface area contributed by atoms with E-state index in [-0.39, 0.29) is 17.0 Å². The minimum atomic E-state index is 0. The van der Waals surface area contributed by atoms with Gasteiger partial charge in [-0.05, 0) is 12.8 Å². The van der Waals surface area contributed by atoms with Crippen LogP contribution in [-0.2, 0) is 0 Å². The van der Waals surface area contributed by atoms with Gasteiger partial charge in [-0.2, -0.15) is 5.84 Å². The van der Waals surface area contributed by atoms with Gasteiger partial charge in [-0.25, -0.2) is 0 Å². The number of hydrogen-bond donors (Lipinski definition) is 1. The SMILES string of the molecule is CCCCCCCCCCCCCCCCCCC[N+](C)(C)N.[Br-]. The lowest BCUT2D eigenvalue weighted by Gasteiger charge is -2.21. The van der Waals surface area contributed by atoms with Crippen LogP contribution in [0.3, 0.4) is 0 Å². The number of quaternary nitrogens is 1. The van der Waals surface area contributed by atoms with Gasteiger partial charge in [0.05, 0.1) is 20.6 Å². The molecule has 0 fully saturated rings. The average Bonchev–Trinajstić information content (AvgIpc) is 2.49. The van der Waals surface area contributed by atoms with Crippen LogP contribution in [-0.4, -0.2) is 25.2 Å². The van der Waals surface area contributed by atoms with Gasteiger partial charge in [0.1, 0.15) is 0 Å². The fourth-order valence-electron chi connectivity index (χ4n) is 3.24. The molecule has 0 saturated heterocycles. The maximum absolute atomic E-state index is 5.94. The minimum Gasteiger partial charge on any atom is -1.00 e. The molecule has 148 valence electrons. The van der Waals surface area contributed by atoms with Crippen molar-refractivity contribution in [3.63, 3.8) is 0 Å². The predicted molar refractivity (Wildman–Crippen MR) is 105 cm³/mol.